The van der Waals surface area contributed by atoms with E-state index >= 15 is 0 Å². The number of aryl methyl sites for hydroxylation is 2. The predicted molar refractivity (Wildman–Crippen MR) is 124 cm³/mol. The van der Waals surface area contributed by atoms with Crippen LogP contribution >= 0.6 is 11.6 Å². The summed E-state index contributed by atoms with van der Waals surface area (Å²) < 4.78 is 10.8. The molecule has 0 aliphatic carbocycles. The first-order valence-corrected chi connectivity index (χ1v) is 11.1. The van der Waals surface area contributed by atoms with Crippen molar-refractivity contribution < 1.29 is 14.1 Å². The molecule has 32 heavy (non-hydrogen) atoms. The van der Waals surface area contributed by atoms with Crippen molar-refractivity contribution in [1.29, 1.82) is 0 Å². The van der Waals surface area contributed by atoms with Crippen molar-refractivity contribution in [2.75, 3.05) is 25.5 Å². The smallest absolute Gasteiger partial charge is 0.257 e. The Morgan fingerprint density at radius 2 is 2.03 bits per heavy atom. The maximum Gasteiger partial charge on any atom is 0.257 e. The molecule has 0 spiro atoms. The van der Waals surface area contributed by atoms with Crippen LogP contribution in [0.4, 0.5) is 5.69 Å². The average molecular weight is 455 g/mol. The number of likely N-dealkylation sites (tertiary alicyclic amines) is 1. The van der Waals surface area contributed by atoms with Gasteiger partial charge in [-0.3, -0.25) is 9.69 Å². The zero-order valence-corrected chi connectivity index (χ0v) is 19.3. The van der Waals surface area contributed by atoms with E-state index in [1.807, 2.05) is 44.2 Å². The van der Waals surface area contributed by atoms with Crippen LogP contribution < -0.4 is 10.1 Å². The molecule has 3 aromatic rings. The van der Waals surface area contributed by atoms with Gasteiger partial charge in [0.15, 0.2) is 5.82 Å². The number of halogens is 1. The van der Waals surface area contributed by atoms with Gasteiger partial charge >= 0.3 is 0 Å². The third-order valence-corrected chi connectivity index (χ3v) is 6.20. The van der Waals surface area contributed by atoms with Gasteiger partial charge < -0.3 is 14.6 Å². The number of amides is 1. The van der Waals surface area contributed by atoms with E-state index in [-0.39, 0.29) is 11.8 Å². The normalized spacial score (nSPS) is 15.0. The van der Waals surface area contributed by atoms with Crippen molar-refractivity contribution in [3.8, 4) is 17.2 Å². The monoisotopic (exact) mass is 454 g/mol. The van der Waals surface area contributed by atoms with Crippen molar-refractivity contribution in [2.45, 2.75) is 33.2 Å². The number of hydrogen-bond acceptors (Lipinski definition) is 6. The molecule has 2 aromatic carbocycles. The van der Waals surface area contributed by atoms with Crippen molar-refractivity contribution in [1.82, 2.24) is 15.0 Å². The molecule has 1 saturated heterocycles. The zero-order valence-electron chi connectivity index (χ0n) is 18.5. The van der Waals surface area contributed by atoms with E-state index in [9.17, 15) is 4.79 Å². The Kier molecular flexibility index (Phi) is 6.77. The number of carbonyl (C=O) groups is 1. The number of methoxy groups -OCH3 is 1. The Bertz CT molecular complexity index is 1110. The van der Waals surface area contributed by atoms with Crippen LogP contribution in [0.2, 0.25) is 5.02 Å². The molecule has 0 atom stereocenters. The Balaban J connectivity index is 1.32. The maximum atomic E-state index is 12.8. The van der Waals surface area contributed by atoms with Crippen LogP contribution in [-0.2, 0) is 11.3 Å². The second kappa shape index (κ2) is 9.71. The lowest BCUT2D eigenvalue weighted by Gasteiger charge is -2.30. The molecule has 168 valence electrons. The zero-order chi connectivity index (χ0) is 22.7. The van der Waals surface area contributed by atoms with Gasteiger partial charge in [-0.05, 0) is 63.5 Å². The molecule has 1 amide bonds. The molecule has 8 heteroatoms. The van der Waals surface area contributed by atoms with Crippen LogP contribution in [0.25, 0.3) is 11.5 Å². The van der Waals surface area contributed by atoms with E-state index in [0.717, 1.165) is 42.6 Å². The molecule has 0 saturated carbocycles. The van der Waals surface area contributed by atoms with Crippen LogP contribution in [0.1, 0.15) is 29.8 Å². The van der Waals surface area contributed by atoms with E-state index < -0.39 is 0 Å². The third kappa shape index (κ3) is 5.11. The van der Waals surface area contributed by atoms with Crippen molar-refractivity contribution in [2.24, 2.45) is 5.92 Å². The second-order valence-corrected chi connectivity index (χ2v) is 8.63. The first-order valence-electron chi connectivity index (χ1n) is 10.7. The Morgan fingerprint density at radius 3 is 2.75 bits per heavy atom. The highest BCUT2D eigenvalue weighted by Gasteiger charge is 2.26. The molecule has 4 rings (SSSR count). The summed E-state index contributed by atoms with van der Waals surface area (Å²) in [7, 11) is 1.57. The summed E-state index contributed by atoms with van der Waals surface area (Å²) >= 11 is 6.16. The number of anilines is 1. The molecule has 1 aromatic heterocycles. The minimum absolute atomic E-state index is 0.00553. The fraction of sp³-hybridized carbons (Fsp3) is 0.375. The molecule has 7 nitrogen and oxygen atoms in total. The van der Waals surface area contributed by atoms with Crippen molar-refractivity contribution >= 4 is 23.2 Å². The van der Waals surface area contributed by atoms with E-state index in [1.54, 1.807) is 13.2 Å². The fourth-order valence-corrected chi connectivity index (χ4v) is 4.09. The fourth-order valence-electron chi connectivity index (χ4n) is 3.93. The lowest BCUT2D eigenvalue weighted by Crippen LogP contribution is -2.38. The lowest BCUT2D eigenvalue weighted by molar-refractivity contribution is -0.121. The Morgan fingerprint density at radius 1 is 1.25 bits per heavy atom. The van der Waals surface area contributed by atoms with Crippen LogP contribution in [-0.4, -0.2) is 41.1 Å². The molecule has 0 bridgehead atoms. The summed E-state index contributed by atoms with van der Waals surface area (Å²) in [5.74, 6) is 1.70. The van der Waals surface area contributed by atoms with Gasteiger partial charge in [0.2, 0.25) is 5.91 Å². The van der Waals surface area contributed by atoms with Gasteiger partial charge in [0.25, 0.3) is 5.89 Å². The number of carbonyl (C=O) groups excluding carboxylic acids is 1. The quantitative estimate of drug-likeness (QED) is 0.572. The maximum absolute atomic E-state index is 12.8. The van der Waals surface area contributed by atoms with Crippen molar-refractivity contribution in [3.05, 3.63) is 58.4 Å². The number of benzene rings is 2. The highest BCUT2D eigenvalue weighted by molar-refractivity contribution is 6.31. The molecule has 1 aliphatic rings. The summed E-state index contributed by atoms with van der Waals surface area (Å²) in [4.78, 5) is 19.6. The average Bonchev–Trinajstić information content (AvgIpc) is 3.25. The predicted octanol–water partition coefficient (Wildman–Crippen LogP) is 4.87. The summed E-state index contributed by atoms with van der Waals surface area (Å²) in [6.45, 7) is 6.13. The topological polar surface area (TPSA) is 80.5 Å². The highest BCUT2D eigenvalue weighted by Crippen LogP contribution is 2.32. The number of hydrogen-bond donors (Lipinski definition) is 1. The minimum Gasteiger partial charge on any atom is -0.495 e. The SMILES string of the molecule is COc1cc(Cl)c(C)cc1NC(=O)C1CCN(Cc2noc(-c3cccc(C)c3)n2)CC1. The number of rotatable bonds is 6. The number of nitrogens with zero attached hydrogens (tertiary/aromatic N) is 3. The summed E-state index contributed by atoms with van der Waals surface area (Å²) in [6.07, 6.45) is 1.53. The number of ether oxygens (including phenoxy) is 1. The number of nitrogens with one attached hydrogen (secondary N) is 1. The van der Waals surface area contributed by atoms with E-state index in [2.05, 4.69) is 20.4 Å². The number of aromatic nitrogens is 2. The van der Waals surface area contributed by atoms with Gasteiger partial charge in [-0.25, -0.2) is 0 Å². The molecular weight excluding hydrogens is 428 g/mol. The molecule has 1 aliphatic heterocycles. The van der Waals surface area contributed by atoms with Gasteiger partial charge in [0.1, 0.15) is 5.75 Å². The highest BCUT2D eigenvalue weighted by atomic mass is 35.5. The molecular formula is C24H27ClN4O3. The largest absolute Gasteiger partial charge is 0.495 e. The molecule has 2 heterocycles. The molecule has 1 N–H and O–H groups in total. The number of piperidine rings is 1. The van der Waals surface area contributed by atoms with Gasteiger partial charge in [0, 0.05) is 22.6 Å². The summed E-state index contributed by atoms with van der Waals surface area (Å²) in [5, 5.41) is 7.75. The first-order chi connectivity index (χ1) is 15.4. The Labute approximate surface area is 192 Å². The van der Waals surface area contributed by atoms with E-state index in [4.69, 9.17) is 20.9 Å². The van der Waals surface area contributed by atoms with Crippen LogP contribution in [0.15, 0.2) is 40.9 Å². The Hall–Kier alpha value is -2.90. The van der Waals surface area contributed by atoms with Gasteiger partial charge in [-0.15, -0.1) is 0 Å². The second-order valence-electron chi connectivity index (χ2n) is 8.23. The van der Waals surface area contributed by atoms with Gasteiger partial charge in [0.05, 0.1) is 19.3 Å². The van der Waals surface area contributed by atoms with E-state index in [1.165, 1.54) is 0 Å². The lowest BCUT2D eigenvalue weighted by atomic mass is 9.95. The minimum atomic E-state index is -0.0555. The van der Waals surface area contributed by atoms with Gasteiger partial charge in [-0.1, -0.05) is 34.5 Å². The first kappa shape index (κ1) is 22.3. The molecule has 1 fully saturated rings. The summed E-state index contributed by atoms with van der Waals surface area (Å²) in [6, 6.07) is 11.6. The van der Waals surface area contributed by atoms with Crippen LogP contribution in [0.3, 0.4) is 0 Å². The third-order valence-electron chi connectivity index (χ3n) is 5.80. The summed E-state index contributed by atoms with van der Waals surface area (Å²) in [5.41, 5.74) is 3.61. The van der Waals surface area contributed by atoms with Crippen molar-refractivity contribution in [3.63, 3.8) is 0 Å². The molecule has 0 radical (unpaired) electrons. The molecule has 0 unspecified atom stereocenters. The van der Waals surface area contributed by atoms with Crippen LogP contribution in [0.5, 0.6) is 5.75 Å². The van der Waals surface area contributed by atoms with Crippen LogP contribution in [0, 0.1) is 19.8 Å². The standard InChI is InChI=1S/C24H27ClN4O3/c1-15-5-4-6-18(11-15)24-27-22(28-32-24)14-29-9-7-17(8-10-29)23(30)26-20-12-16(2)19(25)13-21(20)31-3/h4-6,11-13,17H,7-10,14H2,1-3H3,(H,26,30). The van der Waals surface area contributed by atoms with E-state index in [0.29, 0.717) is 34.7 Å². The van der Waals surface area contributed by atoms with Gasteiger partial charge in [-0.2, -0.15) is 4.98 Å².